The summed E-state index contributed by atoms with van der Waals surface area (Å²) in [6.07, 6.45) is 2.57. The Morgan fingerprint density at radius 3 is 2.22 bits per heavy atom. The monoisotopic (exact) mass is 365 g/mol. The van der Waals surface area contributed by atoms with Gasteiger partial charge in [-0.3, -0.25) is 9.59 Å². The second kappa shape index (κ2) is 8.85. The van der Waals surface area contributed by atoms with Crippen molar-refractivity contribution in [2.45, 2.75) is 38.5 Å². The Hall–Kier alpha value is -2.62. The SMILES string of the molecule is CC(CC(=O)O)CC(=O)c1ccc(N2CCC(c3ccccc3)CC2)cc1. The molecule has 0 saturated carbocycles. The fourth-order valence-electron chi connectivity index (χ4n) is 3.86. The Morgan fingerprint density at radius 2 is 1.63 bits per heavy atom. The third kappa shape index (κ3) is 5.19. The number of aliphatic carboxylic acids is 1. The summed E-state index contributed by atoms with van der Waals surface area (Å²) in [5, 5.41) is 8.82. The molecule has 0 amide bonds. The van der Waals surface area contributed by atoms with E-state index in [0.717, 1.165) is 31.6 Å². The van der Waals surface area contributed by atoms with Crippen molar-refractivity contribution in [3.63, 3.8) is 0 Å². The summed E-state index contributed by atoms with van der Waals surface area (Å²) < 4.78 is 0. The van der Waals surface area contributed by atoms with Gasteiger partial charge >= 0.3 is 5.97 Å². The van der Waals surface area contributed by atoms with Crippen molar-refractivity contribution < 1.29 is 14.7 Å². The van der Waals surface area contributed by atoms with Gasteiger partial charge in [-0.1, -0.05) is 37.3 Å². The fourth-order valence-corrected chi connectivity index (χ4v) is 3.86. The smallest absolute Gasteiger partial charge is 0.303 e. The van der Waals surface area contributed by atoms with Crippen molar-refractivity contribution in [3.05, 3.63) is 65.7 Å². The minimum atomic E-state index is -0.857. The molecule has 1 atom stereocenters. The molecule has 2 aromatic carbocycles. The van der Waals surface area contributed by atoms with Gasteiger partial charge in [-0.05, 0) is 54.5 Å². The molecule has 0 spiro atoms. The Labute approximate surface area is 160 Å². The van der Waals surface area contributed by atoms with Crippen LogP contribution in [0.5, 0.6) is 0 Å². The van der Waals surface area contributed by atoms with Crippen molar-refractivity contribution in [2.75, 3.05) is 18.0 Å². The van der Waals surface area contributed by atoms with Crippen LogP contribution >= 0.6 is 0 Å². The molecule has 4 heteroatoms. The maximum atomic E-state index is 12.3. The summed E-state index contributed by atoms with van der Waals surface area (Å²) in [4.78, 5) is 25.4. The molecule has 0 aromatic heterocycles. The maximum Gasteiger partial charge on any atom is 0.303 e. The number of hydrogen-bond acceptors (Lipinski definition) is 3. The molecule has 142 valence electrons. The number of carbonyl (C=O) groups excluding carboxylic acids is 1. The van der Waals surface area contributed by atoms with Crippen molar-refractivity contribution in [1.82, 2.24) is 0 Å². The van der Waals surface area contributed by atoms with E-state index in [-0.39, 0.29) is 24.5 Å². The molecular weight excluding hydrogens is 338 g/mol. The van der Waals surface area contributed by atoms with Gasteiger partial charge in [-0.2, -0.15) is 0 Å². The van der Waals surface area contributed by atoms with Crippen LogP contribution in [0.25, 0.3) is 0 Å². The first-order valence-corrected chi connectivity index (χ1v) is 9.68. The highest BCUT2D eigenvalue weighted by atomic mass is 16.4. The molecule has 1 saturated heterocycles. The molecule has 1 aliphatic rings. The van der Waals surface area contributed by atoms with Crippen molar-refractivity contribution >= 4 is 17.4 Å². The number of rotatable bonds is 7. The van der Waals surface area contributed by atoms with Crippen LogP contribution in [0.4, 0.5) is 5.69 Å². The van der Waals surface area contributed by atoms with E-state index in [1.807, 2.05) is 24.3 Å². The van der Waals surface area contributed by atoms with E-state index in [2.05, 4.69) is 35.2 Å². The molecular formula is C23H27NO3. The largest absolute Gasteiger partial charge is 0.481 e. The van der Waals surface area contributed by atoms with Gasteiger partial charge in [-0.15, -0.1) is 0 Å². The molecule has 1 unspecified atom stereocenters. The number of nitrogens with zero attached hydrogens (tertiary/aromatic N) is 1. The summed E-state index contributed by atoms with van der Waals surface area (Å²) >= 11 is 0. The first kappa shape index (κ1) is 19.2. The zero-order chi connectivity index (χ0) is 19.2. The van der Waals surface area contributed by atoms with Crippen molar-refractivity contribution in [2.24, 2.45) is 5.92 Å². The van der Waals surface area contributed by atoms with Crippen LogP contribution in [-0.2, 0) is 4.79 Å². The highest BCUT2D eigenvalue weighted by Gasteiger charge is 2.21. The number of ketones is 1. The molecule has 0 aliphatic carbocycles. The van der Waals surface area contributed by atoms with Crippen LogP contribution in [0.1, 0.15) is 54.4 Å². The quantitative estimate of drug-likeness (QED) is 0.719. The van der Waals surface area contributed by atoms with E-state index < -0.39 is 5.97 Å². The van der Waals surface area contributed by atoms with Gasteiger partial charge in [0.05, 0.1) is 0 Å². The van der Waals surface area contributed by atoms with Crippen LogP contribution in [0, 0.1) is 5.92 Å². The van der Waals surface area contributed by atoms with E-state index >= 15 is 0 Å². The average Bonchev–Trinajstić information content (AvgIpc) is 2.68. The van der Waals surface area contributed by atoms with Gasteiger partial charge in [-0.25, -0.2) is 0 Å². The summed E-state index contributed by atoms with van der Waals surface area (Å²) in [5.41, 5.74) is 3.24. The number of benzene rings is 2. The standard InChI is InChI=1S/C23H27NO3/c1-17(16-23(26)27)15-22(25)20-7-9-21(10-8-20)24-13-11-19(12-14-24)18-5-3-2-4-6-18/h2-10,17,19H,11-16H2,1H3,(H,26,27). The highest BCUT2D eigenvalue weighted by molar-refractivity contribution is 5.96. The Morgan fingerprint density at radius 1 is 1.00 bits per heavy atom. The molecule has 0 bridgehead atoms. The zero-order valence-corrected chi connectivity index (χ0v) is 15.8. The lowest BCUT2D eigenvalue weighted by atomic mass is 9.89. The predicted octanol–water partition coefficient (Wildman–Crippen LogP) is 4.75. The molecule has 3 rings (SSSR count). The fraction of sp³-hybridized carbons (Fsp3) is 0.391. The summed E-state index contributed by atoms with van der Waals surface area (Å²) in [7, 11) is 0. The van der Waals surface area contributed by atoms with Crippen LogP contribution in [-0.4, -0.2) is 29.9 Å². The highest BCUT2D eigenvalue weighted by Crippen LogP contribution is 2.30. The van der Waals surface area contributed by atoms with E-state index in [9.17, 15) is 9.59 Å². The number of hydrogen-bond donors (Lipinski definition) is 1. The lowest BCUT2D eigenvalue weighted by Crippen LogP contribution is -2.32. The minimum Gasteiger partial charge on any atom is -0.481 e. The molecule has 2 aromatic rings. The van der Waals surface area contributed by atoms with Gasteiger partial charge in [0.25, 0.3) is 0 Å². The van der Waals surface area contributed by atoms with E-state index in [1.54, 1.807) is 6.92 Å². The topological polar surface area (TPSA) is 57.6 Å². The van der Waals surface area contributed by atoms with E-state index in [0.29, 0.717) is 11.5 Å². The summed E-state index contributed by atoms with van der Waals surface area (Å²) in [5.74, 6) is -0.367. The molecule has 27 heavy (non-hydrogen) atoms. The van der Waals surface area contributed by atoms with Crippen LogP contribution in [0.15, 0.2) is 54.6 Å². The van der Waals surface area contributed by atoms with Crippen LogP contribution in [0.3, 0.4) is 0 Å². The second-order valence-corrected chi connectivity index (χ2v) is 7.55. The van der Waals surface area contributed by atoms with Crippen LogP contribution < -0.4 is 4.90 Å². The van der Waals surface area contributed by atoms with Crippen molar-refractivity contribution in [1.29, 1.82) is 0 Å². The summed E-state index contributed by atoms with van der Waals surface area (Å²) in [6, 6.07) is 18.5. The van der Waals surface area contributed by atoms with E-state index in [4.69, 9.17) is 5.11 Å². The minimum absolute atomic E-state index is 0.0121. The molecule has 1 N–H and O–H groups in total. The number of Topliss-reactive ketones (excluding diaryl/α,β-unsaturated/α-hetero) is 1. The van der Waals surface area contributed by atoms with Gasteiger partial charge < -0.3 is 10.0 Å². The lowest BCUT2D eigenvalue weighted by Gasteiger charge is -2.34. The number of carboxylic acids is 1. The van der Waals surface area contributed by atoms with Gasteiger partial charge in [0, 0.05) is 37.2 Å². The number of carboxylic acid groups (broad SMARTS) is 1. The van der Waals surface area contributed by atoms with Gasteiger partial charge in [0.1, 0.15) is 0 Å². The Balaban J connectivity index is 1.55. The van der Waals surface area contributed by atoms with Gasteiger partial charge in [0.15, 0.2) is 5.78 Å². The zero-order valence-electron chi connectivity index (χ0n) is 15.8. The molecule has 1 aliphatic heterocycles. The molecule has 1 fully saturated rings. The third-order valence-electron chi connectivity index (χ3n) is 5.38. The van der Waals surface area contributed by atoms with Gasteiger partial charge in [0.2, 0.25) is 0 Å². The summed E-state index contributed by atoms with van der Waals surface area (Å²) in [6.45, 7) is 3.84. The Kier molecular flexibility index (Phi) is 6.28. The molecule has 4 nitrogen and oxygen atoms in total. The Bertz CT molecular complexity index is 762. The number of piperidine rings is 1. The third-order valence-corrected chi connectivity index (χ3v) is 5.38. The van der Waals surface area contributed by atoms with Crippen LogP contribution in [0.2, 0.25) is 0 Å². The molecule has 1 heterocycles. The predicted molar refractivity (Wildman–Crippen MR) is 107 cm³/mol. The second-order valence-electron chi connectivity index (χ2n) is 7.55. The molecule has 0 radical (unpaired) electrons. The normalized spacial score (nSPS) is 16.1. The average molecular weight is 365 g/mol. The van der Waals surface area contributed by atoms with E-state index in [1.165, 1.54) is 5.56 Å². The lowest BCUT2D eigenvalue weighted by molar-refractivity contribution is -0.137. The van der Waals surface area contributed by atoms with Crippen molar-refractivity contribution in [3.8, 4) is 0 Å². The maximum absolute atomic E-state index is 12.3. The first-order valence-electron chi connectivity index (χ1n) is 9.68. The number of carbonyl (C=O) groups is 2. The number of anilines is 1. The first-order chi connectivity index (χ1) is 13.0.